The van der Waals surface area contributed by atoms with Crippen molar-refractivity contribution in [1.82, 2.24) is 0 Å². The highest BCUT2D eigenvalue weighted by Crippen LogP contribution is 2.47. The van der Waals surface area contributed by atoms with Gasteiger partial charge in [-0.15, -0.1) is 0 Å². The molecule has 1 heterocycles. The van der Waals surface area contributed by atoms with E-state index in [1.807, 2.05) is 24.3 Å². The first kappa shape index (κ1) is 13.7. The Morgan fingerprint density at radius 1 is 1.00 bits per heavy atom. The molecule has 0 aliphatic carbocycles. The Kier molecular flexibility index (Phi) is 3.66. The lowest BCUT2D eigenvalue weighted by atomic mass is 10.2. The van der Waals surface area contributed by atoms with Crippen molar-refractivity contribution in [3.05, 3.63) is 35.4 Å². The number of halogens is 1. The monoisotopic (exact) mass is 307 g/mol. The van der Waals surface area contributed by atoms with Crippen molar-refractivity contribution in [3.8, 4) is 23.0 Å². The zero-order chi connectivity index (χ0) is 14.8. The van der Waals surface area contributed by atoms with Gasteiger partial charge in [-0.25, -0.2) is 0 Å². The van der Waals surface area contributed by atoms with Crippen LogP contribution in [-0.2, 0) is 0 Å². The van der Waals surface area contributed by atoms with Crippen LogP contribution < -0.4 is 24.3 Å². The summed E-state index contributed by atoms with van der Waals surface area (Å²) in [5.74, 6) is 2.40. The van der Waals surface area contributed by atoms with Crippen molar-refractivity contribution in [2.45, 2.75) is 0 Å². The molecular weight excluding hydrogens is 294 g/mol. The van der Waals surface area contributed by atoms with Crippen molar-refractivity contribution in [1.29, 1.82) is 0 Å². The van der Waals surface area contributed by atoms with Crippen LogP contribution >= 0.6 is 11.6 Å². The molecule has 0 unspecified atom stereocenters. The summed E-state index contributed by atoms with van der Waals surface area (Å²) >= 11 is 6.12. The van der Waals surface area contributed by atoms with Crippen molar-refractivity contribution in [2.24, 2.45) is 0 Å². The molecular formula is C15H14ClNO4. The smallest absolute Gasteiger partial charge is 0.231 e. The minimum Gasteiger partial charge on any atom is -0.493 e. The molecule has 6 heteroatoms. The number of para-hydroxylation sites is 1. The molecule has 0 fully saturated rings. The number of fused-ring (bicyclic) bond motifs is 1. The summed E-state index contributed by atoms with van der Waals surface area (Å²) in [4.78, 5) is 0. The molecule has 110 valence electrons. The van der Waals surface area contributed by atoms with Crippen LogP contribution in [0.1, 0.15) is 0 Å². The van der Waals surface area contributed by atoms with Gasteiger partial charge in [0.15, 0.2) is 17.2 Å². The van der Waals surface area contributed by atoms with Gasteiger partial charge in [0, 0.05) is 0 Å². The van der Waals surface area contributed by atoms with Gasteiger partial charge in [0.2, 0.25) is 12.5 Å². The van der Waals surface area contributed by atoms with Gasteiger partial charge in [-0.05, 0) is 24.3 Å². The standard InChI is InChI=1S/C15H14ClNO4/c1-18-12-7-6-11(14-15(12)21-8-20-14)17-10-5-3-4-9(16)13(10)19-2/h3-7,17H,8H2,1-2H3. The Bertz CT molecular complexity index is 675. The van der Waals surface area contributed by atoms with Crippen LogP contribution in [0.3, 0.4) is 0 Å². The maximum atomic E-state index is 6.12. The molecule has 1 N–H and O–H groups in total. The molecule has 5 nitrogen and oxygen atoms in total. The second-order valence-electron chi connectivity index (χ2n) is 4.33. The molecule has 1 aliphatic heterocycles. The zero-order valence-corrected chi connectivity index (χ0v) is 12.4. The minimum absolute atomic E-state index is 0.164. The Balaban J connectivity index is 2.00. The number of methoxy groups -OCH3 is 2. The summed E-state index contributed by atoms with van der Waals surface area (Å²) in [7, 11) is 3.16. The van der Waals surface area contributed by atoms with Gasteiger partial charge in [0.25, 0.3) is 0 Å². The number of nitrogens with one attached hydrogen (secondary N) is 1. The Morgan fingerprint density at radius 3 is 2.57 bits per heavy atom. The van der Waals surface area contributed by atoms with Gasteiger partial charge in [-0.1, -0.05) is 17.7 Å². The van der Waals surface area contributed by atoms with E-state index in [2.05, 4.69) is 5.32 Å². The maximum absolute atomic E-state index is 6.12. The van der Waals surface area contributed by atoms with E-state index in [0.29, 0.717) is 28.0 Å². The second kappa shape index (κ2) is 5.61. The molecule has 0 saturated heterocycles. The van der Waals surface area contributed by atoms with Gasteiger partial charge in [-0.3, -0.25) is 0 Å². The van der Waals surface area contributed by atoms with Gasteiger partial charge in [-0.2, -0.15) is 0 Å². The van der Waals surface area contributed by atoms with E-state index in [1.54, 1.807) is 20.3 Å². The number of benzene rings is 2. The van der Waals surface area contributed by atoms with Crippen molar-refractivity contribution >= 4 is 23.0 Å². The highest BCUT2D eigenvalue weighted by atomic mass is 35.5. The lowest BCUT2D eigenvalue weighted by molar-refractivity contribution is 0.171. The van der Waals surface area contributed by atoms with E-state index in [1.165, 1.54) is 0 Å². The first-order chi connectivity index (χ1) is 10.2. The zero-order valence-electron chi connectivity index (χ0n) is 11.6. The van der Waals surface area contributed by atoms with Crippen molar-refractivity contribution < 1.29 is 18.9 Å². The number of ether oxygens (including phenoxy) is 4. The lowest BCUT2D eigenvalue weighted by Gasteiger charge is -2.14. The second-order valence-corrected chi connectivity index (χ2v) is 4.73. The average Bonchev–Trinajstić information content (AvgIpc) is 2.98. The highest BCUT2D eigenvalue weighted by molar-refractivity contribution is 6.32. The van der Waals surface area contributed by atoms with Crippen molar-refractivity contribution in [2.75, 3.05) is 26.3 Å². The molecule has 0 amide bonds. The molecule has 0 atom stereocenters. The summed E-state index contributed by atoms with van der Waals surface area (Å²) in [6.07, 6.45) is 0. The number of hydrogen-bond donors (Lipinski definition) is 1. The van der Waals surface area contributed by atoms with E-state index in [0.717, 1.165) is 11.4 Å². The predicted octanol–water partition coefficient (Wildman–Crippen LogP) is 3.83. The third-order valence-corrected chi connectivity index (χ3v) is 3.44. The van der Waals surface area contributed by atoms with Crippen LogP contribution in [0.25, 0.3) is 0 Å². The lowest BCUT2D eigenvalue weighted by Crippen LogP contribution is -1.97. The Morgan fingerprint density at radius 2 is 1.81 bits per heavy atom. The molecule has 3 rings (SSSR count). The third kappa shape index (κ3) is 2.40. The summed E-state index contributed by atoms with van der Waals surface area (Å²) in [5.41, 5.74) is 1.50. The molecule has 2 aromatic carbocycles. The fourth-order valence-corrected chi connectivity index (χ4v) is 2.44. The number of anilines is 2. The third-order valence-electron chi connectivity index (χ3n) is 3.14. The summed E-state index contributed by atoms with van der Waals surface area (Å²) in [6, 6.07) is 9.15. The molecule has 0 aromatic heterocycles. The van der Waals surface area contributed by atoms with Crippen LogP contribution in [0.4, 0.5) is 11.4 Å². The van der Waals surface area contributed by atoms with Crippen molar-refractivity contribution in [3.63, 3.8) is 0 Å². The van der Waals surface area contributed by atoms with Gasteiger partial charge < -0.3 is 24.3 Å². The topological polar surface area (TPSA) is 49.0 Å². The molecule has 1 aliphatic rings. The van der Waals surface area contributed by atoms with Gasteiger partial charge in [0.05, 0.1) is 30.6 Å². The maximum Gasteiger partial charge on any atom is 0.231 e. The van der Waals surface area contributed by atoms with Crippen LogP contribution in [-0.4, -0.2) is 21.0 Å². The van der Waals surface area contributed by atoms with E-state index >= 15 is 0 Å². The summed E-state index contributed by atoms with van der Waals surface area (Å²) in [6.45, 7) is 0.164. The van der Waals surface area contributed by atoms with E-state index < -0.39 is 0 Å². The van der Waals surface area contributed by atoms with Crippen LogP contribution in [0, 0.1) is 0 Å². The van der Waals surface area contributed by atoms with Crippen LogP contribution in [0.2, 0.25) is 5.02 Å². The van der Waals surface area contributed by atoms with E-state index in [-0.39, 0.29) is 6.79 Å². The molecule has 0 saturated carbocycles. The fourth-order valence-electron chi connectivity index (χ4n) is 2.19. The molecule has 21 heavy (non-hydrogen) atoms. The molecule has 0 radical (unpaired) electrons. The SMILES string of the molecule is COc1ccc(Nc2cccc(Cl)c2OC)c2c1OCO2. The minimum atomic E-state index is 0.164. The number of rotatable bonds is 4. The van der Waals surface area contributed by atoms with Crippen LogP contribution in [0.15, 0.2) is 30.3 Å². The fraction of sp³-hybridized carbons (Fsp3) is 0.200. The first-order valence-electron chi connectivity index (χ1n) is 6.30. The van der Waals surface area contributed by atoms with Crippen LogP contribution in [0.5, 0.6) is 23.0 Å². The quantitative estimate of drug-likeness (QED) is 0.930. The largest absolute Gasteiger partial charge is 0.493 e. The van der Waals surface area contributed by atoms with Gasteiger partial charge >= 0.3 is 0 Å². The average molecular weight is 308 g/mol. The number of hydrogen-bond acceptors (Lipinski definition) is 5. The normalized spacial score (nSPS) is 12.1. The first-order valence-corrected chi connectivity index (χ1v) is 6.68. The molecule has 0 bridgehead atoms. The van der Waals surface area contributed by atoms with E-state index in [9.17, 15) is 0 Å². The summed E-state index contributed by atoms with van der Waals surface area (Å²) < 4.78 is 21.5. The predicted molar refractivity (Wildman–Crippen MR) is 80.4 cm³/mol. The van der Waals surface area contributed by atoms with Gasteiger partial charge in [0.1, 0.15) is 0 Å². The Labute approximate surface area is 127 Å². The molecule has 2 aromatic rings. The highest BCUT2D eigenvalue weighted by Gasteiger charge is 2.23. The summed E-state index contributed by atoms with van der Waals surface area (Å²) in [5, 5.41) is 3.78. The molecule has 0 spiro atoms. The van der Waals surface area contributed by atoms with E-state index in [4.69, 9.17) is 30.5 Å². The Hall–Kier alpha value is -2.27.